The monoisotopic (exact) mass is 317 g/mol. The lowest BCUT2D eigenvalue weighted by Gasteiger charge is -2.21. The van der Waals surface area contributed by atoms with Crippen LogP contribution < -0.4 is 5.32 Å². The van der Waals surface area contributed by atoms with Gasteiger partial charge < -0.3 is 14.8 Å². The van der Waals surface area contributed by atoms with Gasteiger partial charge in [0.2, 0.25) is 0 Å². The summed E-state index contributed by atoms with van der Waals surface area (Å²) in [5.74, 6) is 0.316. The second kappa shape index (κ2) is 10.5. The van der Waals surface area contributed by atoms with Crippen LogP contribution in [0.25, 0.3) is 0 Å². The van der Waals surface area contributed by atoms with E-state index in [1.54, 1.807) is 0 Å². The summed E-state index contributed by atoms with van der Waals surface area (Å²) in [6.07, 6.45) is 6.41. The minimum absolute atomic E-state index is 0.163. The maximum absolute atomic E-state index is 11.6. The fourth-order valence-electron chi connectivity index (χ4n) is 1.51. The quantitative estimate of drug-likeness (QED) is 0.312. The normalized spacial score (nSPS) is 13.0. The predicted molar refractivity (Wildman–Crippen MR) is 86.6 cm³/mol. The van der Waals surface area contributed by atoms with Crippen molar-refractivity contribution in [2.24, 2.45) is 0 Å². The SMILES string of the molecule is COC(=O)CCCC/C=C\[C@H](CS)NC(=O)OC(C)(C)C. The molecule has 0 aromatic heterocycles. The van der Waals surface area contributed by atoms with E-state index in [1.807, 2.05) is 32.9 Å². The zero-order valence-electron chi connectivity index (χ0n) is 13.3. The number of ether oxygens (including phenoxy) is 2. The fraction of sp³-hybridized carbons (Fsp3) is 0.733. The molecule has 1 amide bonds. The number of nitrogens with one attached hydrogen (secondary N) is 1. The van der Waals surface area contributed by atoms with Crippen LogP contribution in [0, 0.1) is 0 Å². The predicted octanol–water partition coefficient (Wildman–Crippen LogP) is 3.10. The summed E-state index contributed by atoms with van der Waals surface area (Å²) in [5.41, 5.74) is -0.511. The van der Waals surface area contributed by atoms with Crippen molar-refractivity contribution in [3.8, 4) is 0 Å². The Morgan fingerprint density at radius 1 is 1.29 bits per heavy atom. The first-order chi connectivity index (χ1) is 9.78. The van der Waals surface area contributed by atoms with Gasteiger partial charge in [0.05, 0.1) is 13.2 Å². The van der Waals surface area contributed by atoms with E-state index in [-0.39, 0.29) is 12.0 Å². The summed E-state index contributed by atoms with van der Waals surface area (Å²) >= 11 is 4.20. The van der Waals surface area contributed by atoms with Gasteiger partial charge in [-0.2, -0.15) is 12.6 Å². The number of hydrogen-bond donors (Lipinski definition) is 2. The summed E-state index contributed by atoms with van der Waals surface area (Å²) in [7, 11) is 1.39. The van der Waals surface area contributed by atoms with E-state index in [0.717, 1.165) is 19.3 Å². The Morgan fingerprint density at radius 2 is 1.95 bits per heavy atom. The van der Waals surface area contributed by atoms with Crippen molar-refractivity contribution in [2.75, 3.05) is 12.9 Å². The third-order valence-corrected chi connectivity index (χ3v) is 2.89. The van der Waals surface area contributed by atoms with Crippen LogP contribution in [0.3, 0.4) is 0 Å². The Hall–Kier alpha value is -1.17. The zero-order chi connectivity index (χ0) is 16.3. The van der Waals surface area contributed by atoms with E-state index >= 15 is 0 Å². The maximum atomic E-state index is 11.6. The molecule has 0 aliphatic heterocycles. The Balaban J connectivity index is 3.95. The number of alkyl carbamates (subject to hydrolysis) is 1. The number of allylic oxidation sites excluding steroid dienone is 1. The average Bonchev–Trinajstić information content (AvgIpc) is 2.38. The van der Waals surface area contributed by atoms with Gasteiger partial charge in [-0.25, -0.2) is 4.79 Å². The van der Waals surface area contributed by atoms with Gasteiger partial charge in [0.25, 0.3) is 0 Å². The second-order valence-corrected chi connectivity index (χ2v) is 6.05. The number of rotatable bonds is 8. The van der Waals surface area contributed by atoms with Crippen molar-refractivity contribution in [1.29, 1.82) is 0 Å². The standard InChI is InChI=1S/C15H27NO4S/c1-15(2,3)20-14(18)16-12(11-21)9-7-5-6-8-10-13(17)19-4/h7,9,12,21H,5-6,8,10-11H2,1-4H3,(H,16,18)/b9-7-/t12-/m1/s1. The number of unbranched alkanes of at least 4 members (excludes halogenated alkanes) is 2. The lowest BCUT2D eigenvalue weighted by molar-refractivity contribution is -0.140. The van der Waals surface area contributed by atoms with Gasteiger partial charge >= 0.3 is 12.1 Å². The molecule has 0 unspecified atom stereocenters. The molecule has 0 aromatic carbocycles. The first-order valence-electron chi connectivity index (χ1n) is 7.12. The molecule has 0 aliphatic rings. The van der Waals surface area contributed by atoms with Gasteiger partial charge in [0, 0.05) is 12.2 Å². The summed E-state index contributed by atoms with van der Waals surface area (Å²) in [6, 6.07) is -0.163. The van der Waals surface area contributed by atoms with Crippen LogP contribution in [-0.4, -0.2) is 36.6 Å². The van der Waals surface area contributed by atoms with Crippen molar-refractivity contribution >= 4 is 24.7 Å². The van der Waals surface area contributed by atoms with Crippen LogP contribution in [0.2, 0.25) is 0 Å². The number of amides is 1. The molecule has 0 aromatic rings. The molecular formula is C15H27NO4S. The van der Waals surface area contributed by atoms with Gasteiger partial charge in [-0.05, 0) is 40.0 Å². The van der Waals surface area contributed by atoms with Crippen molar-refractivity contribution < 1.29 is 19.1 Å². The van der Waals surface area contributed by atoms with Crippen LogP contribution >= 0.6 is 12.6 Å². The Bertz CT molecular complexity index is 350. The highest BCUT2D eigenvalue weighted by Gasteiger charge is 2.17. The second-order valence-electron chi connectivity index (χ2n) is 5.69. The van der Waals surface area contributed by atoms with Crippen molar-refractivity contribution in [2.45, 2.75) is 58.1 Å². The molecule has 0 aliphatic carbocycles. The highest BCUT2D eigenvalue weighted by atomic mass is 32.1. The van der Waals surface area contributed by atoms with Gasteiger partial charge in [0.15, 0.2) is 0 Å². The number of carbonyl (C=O) groups excluding carboxylic acids is 2. The van der Waals surface area contributed by atoms with E-state index in [9.17, 15) is 9.59 Å². The zero-order valence-corrected chi connectivity index (χ0v) is 14.2. The van der Waals surface area contributed by atoms with Crippen molar-refractivity contribution in [1.82, 2.24) is 5.32 Å². The molecule has 0 spiro atoms. The molecule has 5 nitrogen and oxygen atoms in total. The number of carbonyl (C=O) groups is 2. The van der Waals surface area contributed by atoms with Crippen molar-refractivity contribution in [3.63, 3.8) is 0 Å². The smallest absolute Gasteiger partial charge is 0.408 e. The Kier molecular flexibility index (Phi) is 9.95. The summed E-state index contributed by atoms with van der Waals surface area (Å²) in [5, 5.41) is 2.74. The minimum atomic E-state index is -0.511. The average molecular weight is 317 g/mol. The van der Waals surface area contributed by atoms with Crippen LogP contribution in [0.1, 0.15) is 46.5 Å². The number of methoxy groups -OCH3 is 1. The van der Waals surface area contributed by atoms with Gasteiger partial charge in [-0.15, -0.1) is 0 Å². The van der Waals surface area contributed by atoms with Crippen LogP contribution in [0.15, 0.2) is 12.2 Å². The molecule has 0 heterocycles. The molecule has 0 saturated heterocycles. The Morgan fingerprint density at radius 3 is 2.48 bits per heavy atom. The van der Waals surface area contributed by atoms with Gasteiger partial charge in [-0.1, -0.05) is 12.2 Å². The summed E-state index contributed by atoms with van der Waals surface area (Å²) in [4.78, 5) is 22.5. The number of thiol groups is 1. The molecule has 0 saturated carbocycles. The largest absolute Gasteiger partial charge is 0.469 e. The lowest BCUT2D eigenvalue weighted by Crippen LogP contribution is -2.39. The summed E-state index contributed by atoms with van der Waals surface area (Å²) < 4.78 is 9.75. The first-order valence-corrected chi connectivity index (χ1v) is 7.75. The third kappa shape index (κ3) is 12.3. The number of esters is 1. The molecule has 1 atom stereocenters. The van der Waals surface area contributed by atoms with Crippen LogP contribution in [-0.2, 0) is 14.3 Å². The number of hydrogen-bond acceptors (Lipinski definition) is 5. The van der Waals surface area contributed by atoms with Crippen molar-refractivity contribution in [3.05, 3.63) is 12.2 Å². The molecule has 0 bridgehead atoms. The molecule has 0 fully saturated rings. The topological polar surface area (TPSA) is 64.6 Å². The van der Waals surface area contributed by atoms with E-state index in [0.29, 0.717) is 12.2 Å². The molecule has 122 valence electrons. The highest BCUT2D eigenvalue weighted by Crippen LogP contribution is 2.07. The van der Waals surface area contributed by atoms with E-state index in [2.05, 4.69) is 22.7 Å². The van der Waals surface area contributed by atoms with Crippen LogP contribution in [0.4, 0.5) is 4.79 Å². The molecular weight excluding hydrogens is 290 g/mol. The van der Waals surface area contributed by atoms with Gasteiger partial charge in [-0.3, -0.25) is 4.79 Å². The van der Waals surface area contributed by atoms with Crippen LogP contribution in [0.5, 0.6) is 0 Å². The Labute approximate surface area is 132 Å². The fourth-order valence-corrected chi connectivity index (χ4v) is 1.72. The third-order valence-electron chi connectivity index (χ3n) is 2.50. The molecule has 21 heavy (non-hydrogen) atoms. The molecule has 0 rings (SSSR count). The minimum Gasteiger partial charge on any atom is -0.469 e. The van der Waals surface area contributed by atoms with Gasteiger partial charge in [0.1, 0.15) is 5.60 Å². The molecule has 0 radical (unpaired) electrons. The highest BCUT2D eigenvalue weighted by molar-refractivity contribution is 7.80. The maximum Gasteiger partial charge on any atom is 0.408 e. The molecule has 6 heteroatoms. The summed E-state index contributed by atoms with van der Waals surface area (Å²) in [6.45, 7) is 5.46. The lowest BCUT2D eigenvalue weighted by atomic mass is 10.1. The first kappa shape index (κ1) is 19.8. The molecule has 1 N–H and O–H groups in total. The van der Waals surface area contributed by atoms with E-state index in [1.165, 1.54) is 7.11 Å². The van der Waals surface area contributed by atoms with E-state index in [4.69, 9.17) is 4.74 Å². The van der Waals surface area contributed by atoms with E-state index < -0.39 is 11.7 Å².